The normalized spacial score (nSPS) is 10.2. The number of nitrogens with one attached hydrogen (secondary N) is 1. The smallest absolute Gasteiger partial charge is 0.165 e. The maximum absolute atomic E-state index is 13.2. The molecule has 0 amide bonds. The molecule has 0 bridgehead atoms. The summed E-state index contributed by atoms with van der Waals surface area (Å²) in [5.74, 6) is 0.0370. The Hall–Kier alpha value is -1.09. The lowest BCUT2D eigenvalue weighted by Gasteiger charge is -2.07. The first-order valence-electron chi connectivity index (χ1n) is 4.83. The summed E-state index contributed by atoms with van der Waals surface area (Å²) in [6, 6.07) is 4.98. The number of halogens is 1. The first-order valence-corrected chi connectivity index (χ1v) is 4.83. The third kappa shape index (κ3) is 3.34. The lowest BCUT2D eigenvalue weighted by molar-refractivity contribution is 0.300. The second kappa shape index (κ2) is 5.60. The van der Waals surface area contributed by atoms with Crippen molar-refractivity contribution in [2.45, 2.75) is 13.8 Å². The molecule has 0 heterocycles. The summed E-state index contributed by atoms with van der Waals surface area (Å²) in [6.45, 7) is 6.01. The molecule has 0 aromatic heterocycles. The Kier molecular flexibility index (Phi) is 4.40. The van der Waals surface area contributed by atoms with Gasteiger partial charge in [0.25, 0.3) is 0 Å². The van der Waals surface area contributed by atoms with Crippen molar-refractivity contribution in [3.63, 3.8) is 0 Å². The standard InChI is InChI=1S/C11H16FNO/c1-3-13-6-7-14-11-5-4-9(2)8-10(11)12/h4-5,8,13H,3,6-7H2,1-2H3. The first-order chi connectivity index (χ1) is 6.74. The van der Waals surface area contributed by atoms with Gasteiger partial charge < -0.3 is 10.1 Å². The summed E-state index contributed by atoms with van der Waals surface area (Å²) in [5, 5.41) is 3.10. The Morgan fingerprint density at radius 2 is 2.21 bits per heavy atom. The third-order valence-electron chi connectivity index (χ3n) is 1.87. The van der Waals surface area contributed by atoms with Crippen molar-refractivity contribution in [3.8, 4) is 5.75 Å². The van der Waals surface area contributed by atoms with Crippen LogP contribution in [0.5, 0.6) is 5.75 Å². The van der Waals surface area contributed by atoms with Gasteiger partial charge in [0, 0.05) is 6.54 Å². The van der Waals surface area contributed by atoms with Crippen LogP contribution in [-0.4, -0.2) is 19.7 Å². The van der Waals surface area contributed by atoms with Gasteiger partial charge in [0.2, 0.25) is 0 Å². The molecule has 0 unspecified atom stereocenters. The lowest BCUT2D eigenvalue weighted by Crippen LogP contribution is -2.20. The average Bonchev–Trinajstić information content (AvgIpc) is 2.15. The minimum atomic E-state index is -0.290. The number of hydrogen-bond donors (Lipinski definition) is 1. The van der Waals surface area contributed by atoms with Gasteiger partial charge in [0.1, 0.15) is 6.61 Å². The molecule has 0 atom stereocenters. The van der Waals surface area contributed by atoms with Crippen molar-refractivity contribution in [2.75, 3.05) is 19.7 Å². The van der Waals surface area contributed by atoms with Crippen molar-refractivity contribution in [1.82, 2.24) is 5.32 Å². The van der Waals surface area contributed by atoms with E-state index >= 15 is 0 Å². The maximum atomic E-state index is 13.2. The SMILES string of the molecule is CCNCCOc1ccc(C)cc1F. The Morgan fingerprint density at radius 1 is 1.43 bits per heavy atom. The van der Waals surface area contributed by atoms with Crippen molar-refractivity contribution in [2.24, 2.45) is 0 Å². The fourth-order valence-electron chi connectivity index (χ4n) is 1.13. The zero-order valence-corrected chi connectivity index (χ0v) is 8.64. The molecule has 0 aliphatic heterocycles. The van der Waals surface area contributed by atoms with Crippen LogP contribution in [-0.2, 0) is 0 Å². The molecule has 1 N–H and O–H groups in total. The molecule has 0 saturated heterocycles. The molecule has 1 aromatic carbocycles. The van der Waals surface area contributed by atoms with Gasteiger partial charge in [-0.3, -0.25) is 0 Å². The van der Waals surface area contributed by atoms with Gasteiger partial charge in [-0.15, -0.1) is 0 Å². The van der Waals surface area contributed by atoms with Gasteiger partial charge in [-0.25, -0.2) is 4.39 Å². The van der Waals surface area contributed by atoms with Crippen molar-refractivity contribution >= 4 is 0 Å². The van der Waals surface area contributed by atoms with Crippen LogP contribution < -0.4 is 10.1 Å². The lowest BCUT2D eigenvalue weighted by atomic mass is 10.2. The topological polar surface area (TPSA) is 21.3 Å². The summed E-state index contributed by atoms with van der Waals surface area (Å²) in [7, 11) is 0. The maximum Gasteiger partial charge on any atom is 0.165 e. The van der Waals surface area contributed by atoms with E-state index in [4.69, 9.17) is 4.74 Å². The minimum Gasteiger partial charge on any atom is -0.489 e. The van der Waals surface area contributed by atoms with Gasteiger partial charge in [0.05, 0.1) is 0 Å². The zero-order chi connectivity index (χ0) is 10.4. The van der Waals surface area contributed by atoms with Gasteiger partial charge >= 0.3 is 0 Å². The van der Waals surface area contributed by atoms with Crippen molar-refractivity contribution in [3.05, 3.63) is 29.6 Å². The number of aryl methyl sites for hydroxylation is 1. The summed E-state index contributed by atoms with van der Waals surface area (Å²) in [6.07, 6.45) is 0. The van der Waals surface area contributed by atoms with E-state index in [0.717, 1.165) is 18.7 Å². The number of ether oxygens (including phenoxy) is 1. The number of benzene rings is 1. The highest BCUT2D eigenvalue weighted by molar-refractivity contribution is 5.28. The fraction of sp³-hybridized carbons (Fsp3) is 0.455. The second-order valence-electron chi connectivity index (χ2n) is 3.14. The fourth-order valence-corrected chi connectivity index (χ4v) is 1.13. The van der Waals surface area contributed by atoms with E-state index in [9.17, 15) is 4.39 Å². The van der Waals surface area contributed by atoms with E-state index in [1.165, 1.54) is 6.07 Å². The molecule has 1 aromatic rings. The summed E-state index contributed by atoms with van der Waals surface area (Å²) < 4.78 is 18.5. The summed E-state index contributed by atoms with van der Waals surface area (Å²) in [5.41, 5.74) is 0.904. The molecular weight excluding hydrogens is 181 g/mol. The highest BCUT2D eigenvalue weighted by Gasteiger charge is 2.01. The third-order valence-corrected chi connectivity index (χ3v) is 1.87. The highest BCUT2D eigenvalue weighted by Crippen LogP contribution is 2.17. The average molecular weight is 197 g/mol. The highest BCUT2D eigenvalue weighted by atomic mass is 19.1. The Balaban J connectivity index is 2.42. The Labute approximate surface area is 84.1 Å². The number of likely N-dealkylation sites (N-methyl/N-ethyl adjacent to an activating group) is 1. The van der Waals surface area contributed by atoms with E-state index in [1.807, 2.05) is 19.9 Å². The molecule has 1 rings (SSSR count). The molecule has 78 valence electrons. The van der Waals surface area contributed by atoms with E-state index in [-0.39, 0.29) is 5.82 Å². The molecule has 0 radical (unpaired) electrons. The van der Waals surface area contributed by atoms with Crippen LogP contribution in [0.2, 0.25) is 0 Å². The van der Waals surface area contributed by atoms with Crippen LogP contribution >= 0.6 is 0 Å². The molecule has 0 saturated carbocycles. The van der Waals surface area contributed by atoms with Gasteiger partial charge in [-0.2, -0.15) is 0 Å². The molecule has 3 heteroatoms. The predicted molar refractivity (Wildman–Crippen MR) is 55.2 cm³/mol. The van der Waals surface area contributed by atoms with Gasteiger partial charge in [-0.05, 0) is 31.2 Å². The number of hydrogen-bond acceptors (Lipinski definition) is 2. The molecule has 0 aliphatic carbocycles. The Morgan fingerprint density at radius 3 is 2.86 bits per heavy atom. The molecule has 0 aliphatic rings. The van der Waals surface area contributed by atoms with E-state index in [0.29, 0.717) is 12.4 Å². The largest absolute Gasteiger partial charge is 0.489 e. The van der Waals surface area contributed by atoms with Crippen LogP contribution in [0.4, 0.5) is 4.39 Å². The van der Waals surface area contributed by atoms with Crippen LogP contribution in [0.25, 0.3) is 0 Å². The molecule has 14 heavy (non-hydrogen) atoms. The van der Waals surface area contributed by atoms with E-state index in [1.54, 1.807) is 6.07 Å². The Bertz CT molecular complexity index is 289. The van der Waals surface area contributed by atoms with Crippen molar-refractivity contribution < 1.29 is 9.13 Å². The van der Waals surface area contributed by atoms with E-state index < -0.39 is 0 Å². The minimum absolute atomic E-state index is 0.290. The quantitative estimate of drug-likeness (QED) is 0.730. The second-order valence-corrected chi connectivity index (χ2v) is 3.14. The van der Waals surface area contributed by atoms with Crippen LogP contribution in [0.1, 0.15) is 12.5 Å². The molecule has 2 nitrogen and oxygen atoms in total. The predicted octanol–water partition coefficient (Wildman–Crippen LogP) is 2.12. The number of rotatable bonds is 5. The zero-order valence-electron chi connectivity index (χ0n) is 8.64. The van der Waals surface area contributed by atoms with Crippen LogP contribution in [0.15, 0.2) is 18.2 Å². The van der Waals surface area contributed by atoms with Crippen molar-refractivity contribution in [1.29, 1.82) is 0 Å². The first kappa shape index (κ1) is 11.0. The summed E-state index contributed by atoms with van der Waals surface area (Å²) >= 11 is 0. The van der Waals surface area contributed by atoms with E-state index in [2.05, 4.69) is 5.32 Å². The monoisotopic (exact) mass is 197 g/mol. The molecular formula is C11H16FNO. The van der Waals surface area contributed by atoms with Crippen LogP contribution in [0, 0.1) is 12.7 Å². The molecule has 0 fully saturated rings. The van der Waals surface area contributed by atoms with Crippen LogP contribution in [0.3, 0.4) is 0 Å². The van der Waals surface area contributed by atoms with Gasteiger partial charge in [0.15, 0.2) is 11.6 Å². The van der Waals surface area contributed by atoms with Gasteiger partial charge in [-0.1, -0.05) is 13.0 Å². The molecule has 0 spiro atoms. The summed E-state index contributed by atoms with van der Waals surface area (Å²) in [4.78, 5) is 0.